The number of aliphatic carboxylic acids is 2. The average Bonchev–Trinajstić information content (AvgIpc) is 3.05. The molecule has 0 spiro atoms. The Morgan fingerprint density at radius 1 is 0.588 bits per heavy atom. The van der Waals surface area contributed by atoms with E-state index in [4.69, 9.17) is 5.73 Å². The number of carbonyl (C=O) groups is 7. The minimum absolute atomic E-state index is 0.0472. The van der Waals surface area contributed by atoms with Crippen molar-refractivity contribution in [3.05, 3.63) is 65.7 Å². The van der Waals surface area contributed by atoms with Crippen molar-refractivity contribution >= 4 is 41.5 Å². The number of rotatable bonds is 19. The number of benzene rings is 2. The van der Waals surface area contributed by atoms with Crippen LogP contribution in [0.4, 0.5) is 0 Å². The fourth-order valence-electron chi connectivity index (χ4n) is 4.92. The Hall–Kier alpha value is -5.51. The van der Waals surface area contributed by atoms with Crippen molar-refractivity contribution in [2.45, 2.75) is 90.1 Å². The Bertz CT molecular complexity index is 1530. The number of amides is 5. The maximum atomic E-state index is 13.6. The molecule has 278 valence electrons. The first-order valence-electron chi connectivity index (χ1n) is 16.4. The van der Waals surface area contributed by atoms with Gasteiger partial charge in [0.15, 0.2) is 0 Å². The summed E-state index contributed by atoms with van der Waals surface area (Å²) in [6, 6.07) is 6.83. The SMILES string of the molecule is CC(C)[C@H](NC(=O)[C@@H](NC(=O)[C@H](CC(=O)O)NC(=O)[C@H](Cc1ccccc1)NC(=O)[C@@H](C)NC(=O)[C@@H](N)Cc1ccc(O)cc1)C(C)C)C(=O)O. The van der Waals surface area contributed by atoms with Gasteiger partial charge in [0.25, 0.3) is 0 Å². The van der Waals surface area contributed by atoms with Crippen LogP contribution in [0.2, 0.25) is 0 Å². The molecule has 0 aliphatic rings. The summed E-state index contributed by atoms with van der Waals surface area (Å²) in [6.07, 6.45) is -0.849. The van der Waals surface area contributed by atoms with Crippen molar-refractivity contribution in [1.82, 2.24) is 26.6 Å². The van der Waals surface area contributed by atoms with E-state index >= 15 is 0 Å². The lowest BCUT2D eigenvalue weighted by Gasteiger charge is -2.28. The summed E-state index contributed by atoms with van der Waals surface area (Å²) in [4.78, 5) is 89.5. The van der Waals surface area contributed by atoms with Gasteiger partial charge in [-0.3, -0.25) is 28.8 Å². The van der Waals surface area contributed by atoms with E-state index in [1.54, 1.807) is 70.2 Å². The molecule has 6 atom stereocenters. The van der Waals surface area contributed by atoms with Crippen molar-refractivity contribution < 1.29 is 48.9 Å². The molecule has 0 aromatic heterocycles. The molecule has 0 saturated heterocycles. The van der Waals surface area contributed by atoms with Gasteiger partial charge in [-0.15, -0.1) is 0 Å². The van der Waals surface area contributed by atoms with Gasteiger partial charge in [-0.25, -0.2) is 4.79 Å². The third kappa shape index (κ3) is 13.7. The van der Waals surface area contributed by atoms with Crippen LogP contribution in [0.25, 0.3) is 0 Å². The predicted molar refractivity (Wildman–Crippen MR) is 185 cm³/mol. The minimum atomic E-state index is -1.70. The predicted octanol–water partition coefficient (Wildman–Crippen LogP) is -0.180. The highest BCUT2D eigenvalue weighted by Crippen LogP contribution is 2.12. The van der Waals surface area contributed by atoms with Gasteiger partial charge in [0, 0.05) is 6.42 Å². The van der Waals surface area contributed by atoms with Crippen molar-refractivity contribution in [2.75, 3.05) is 0 Å². The monoisotopic (exact) mass is 712 g/mol. The second-order valence-electron chi connectivity index (χ2n) is 12.9. The van der Waals surface area contributed by atoms with Crippen LogP contribution in [0.3, 0.4) is 0 Å². The third-order valence-electron chi connectivity index (χ3n) is 7.89. The summed E-state index contributed by atoms with van der Waals surface area (Å²) in [5.74, 6) is -7.91. The number of hydrogen-bond donors (Lipinski definition) is 9. The zero-order valence-electron chi connectivity index (χ0n) is 29.2. The molecule has 5 amide bonds. The minimum Gasteiger partial charge on any atom is -0.508 e. The molecule has 0 aliphatic carbocycles. The van der Waals surface area contributed by atoms with Gasteiger partial charge in [0.1, 0.15) is 36.0 Å². The van der Waals surface area contributed by atoms with E-state index in [0.717, 1.165) is 0 Å². The molecule has 0 radical (unpaired) electrons. The number of phenols is 1. The Balaban J connectivity index is 2.23. The highest BCUT2D eigenvalue weighted by Gasteiger charge is 2.34. The van der Waals surface area contributed by atoms with E-state index in [2.05, 4.69) is 26.6 Å². The summed E-state index contributed by atoms with van der Waals surface area (Å²) in [7, 11) is 0. The highest BCUT2D eigenvalue weighted by atomic mass is 16.4. The number of phenolic OH excluding ortho intramolecular Hbond substituents is 1. The lowest BCUT2D eigenvalue weighted by molar-refractivity contribution is -0.144. The number of carbonyl (C=O) groups excluding carboxylic acids is 5. The summed E-state index contributed by atoms with van der Waals surface area (Å²) >= 11 is 0. The maximum absolute atomic E-state index is 13.6. The Labute approximate surface area is 295 Å². The molecule has 0 unspecified atom stereocenters. The van der Waals surface area contributed by atoms with E-state index in [0.29, 0.717) is 11.1 Å². The quantitative estimate of drug-likeness (QED) is 0.0922. The standard InChI is InChI=1S/C35H48N6O10/c1-18(2)28(34(49)41-29(19(3)4)35(50)51)40-33(48)26(17-27(43)44)39-32(47)25(16-21-9-7-6-8-10-21)38-30(45)20(5)37-31(46)24(36)15-22-11-13-23(42)14-12-22/h6-14,18-20,24-26,28-29,42H,15-17,36H2,1-5H3,(H,37,46)(H,38,45)(H,39,47)(H,40,48)(H,41,49)(H,43,44)(H,50,51)/t20-,24+,25+,26+,28+,29+/m1/s1. The molecule has 16 heteroatoms. The van der Waals surface area contributed by atoms with Crippen molar-refractivity contribution in [3.63, 3.8) is 0 Å². The molecule has 0 fully saturated rings. The van der Waals surface area contributed by atoms with E-state index in [1.165, 1.54) is 19.1 Å². The second kappa shape index (κ2) is 19.6. The summed E-state index contributed by atoms with van der Waals surface area (Å²) in [5.41, 5.74) is 7.31. The Morgan fingerprint density at radius 3 is 1.63 bits per heavy atom. The van der Waals surface area contributed by atoms with Crippen LogP contribution in [0, 0.1) is 11.8 Å². The number of carboxylic acids is 2. The molecule has 2 aromatic carbocycles. The first-order valence-corrected chi connectivity index (χ1v) is 16.4. The summed E-state index contributed by atoms with van der Waals surface area (Å²) in [5, 5.41) is 40.7. The molecule has 16 nitrogen and oxygen atoms in total. The van der Waals surface area contributed by atoms with Gasteiger partial charge in [-0.05, 0) is 48.4 Å². The number of hydrogen-bond acceptors (Lipinski definition) is 9. The summed E-state index contributed by atoms with van der Waals surface area (Å²) in [6.45, 7) is 7.74. The highest BCUT2D eigenvalue weighted by molar-refractivity contribution is 5.97. The van der Waals surface area contributed by atoms with Gasteiger partial charge in [-0.1, -0.05) is 70.2 Å². The number of nitrogens with two attached hydrogens (primary N) is 1. The van der Waals surface area contributed by atoms with E-state index in [9.17, 15) is 48.9 Å². The fraction of sp³-hybridized carbons (Fsp3) is 0.457. The van der Waals surface area contributed by atoms with Crippen molar-refractivity contribution in [3.8, 4) is 5.75 Å². The number of carboxylic acid groups (broad SMARTS) is 2. The molecule has 0 aliphatic heterocycles. The molecule has 0 heterocycles. The van der Waals surface area contributed by atoms with Crippen LogP contribution in [0.5, 0.6) is 5.75 Å². The number of aromatic hydroxyl groups is 1. The Morgan fingerprint density at radius 2 is 1.10 bits per heavy atom. The lowest BCUT2D eigenvalue weighted by atomic mass is 9.99. The molecule has 2 aromatic rings. The van der Waals surface area contributed by atoms with Crippen molar-refractivity contribution in [1.29, 1.82) is 0 Å². The van der Waals surface area contributed by atoms with Crippen LogP contribution in [-0.2, 0) is 46.4 Å². The zero-order chi connectivity index (χ0) is 38.4. The number of nitrogens with one attached hydrogen (secondary N) is 5. The lowest BCUT2D eigenvalue weighted by Crippen LogP contribution is -2.60. The van der Waals surface area contributed by atoms with Crippen molar-refractivity contribution in [2.24, 2.45) is 17.6 Å². The molecule has 0 bridgehead atoms. The molecule has 0 saturated carbocycles. The first-order chi connectivity index (χ1) is 23.9. The van der Waals surface area contributed by atoms with Gasteiger partial charge in [0.2, 0.25) is 29.5 Å². The normalized spacial score (nSPS) is 14.6. The van der Waals surface area contributed by atoms with Gasteiger partial charge < -0.3 is 47.6 Å². The topological polar surface area (TPSA) is 266 Å². The van der Waals surface area contributed by atoms with Crippen LogP contribution in [0.15, 0.2) is 54.6 Å². The van der Waals surface area contributed by atoms with Gasteiger partial charge in [-0.2, -0.15) is 0 Å². The molecule has 10 N–H and O–H groups in total. The summed E-state index contributed by atoms with van der Waals surface area (Å²) < 4.78 is 0. The molecule has 51 heavy (non-hydrogen) atoms. The Kier molecular flexibility index (Phi) is 16.0. The van der Waals surface area contributed by atoms with E-state index in [-0.39, 0.29) is 18.6 Å². The molecular weight excluding hydrogens is 664 g/mol. The third-order valence-corrected chi connectivity index (χ3v) is 7.89. The molecular formula is C35H48N6O10. The van der Waals surface area contributed by atoms with Crippen LogP contribution >= 0.6 is 0 Å². The average molecular weight is 713 g/mol. The fourth-order valence-corrected chi connectivity index (χ4v) is 4.92. The second-order valence-corrected chi connectivity index (χ2v) is 12.9. The smallest absolute Gasteiger partial charge is 0.326 e. The van der Waals surface area contributed by atoms with Crippen LogP contribution < -0.4 is 32.3 Å². The van der Waals surface area contributed by atoms with E-state index in [1.807, 2.05) is 0 Å². The largest absolute Gasteiger partial charge is 0.508 e. The maximum Gasteiger partial charge on any atom is 0.326 e. The van der Waals surface area contributed by atoms with Gasteiger partial charge in [0.05, 0.1) is 12.5 Å². The van der Waals surface area contributed by atoms with Gasteiger partial charge >= 0.3 is 11.9 Å². The molecule has 2 rings (SSSR count). The van der Waals surface area contributed by atoms with E-state index < -0.39 is 96.0 Å². The zero-order valence-corrected chi connectivity index (χ0v) is 29.2. The van der Waals surface area contributed by atoms with Crippen LogP contribution in [0.1, 0.15) is 52.2 Å². The van der Waals surface area contributed by atoms with Crippen LogP contribution in [-0.4, -0.2) is 93.0 Å². The first kappa shape index (κ1) is 41.7.